The lowest BCUT2D eigenvalue weighted by atomic mass is 10.1. The number of nitro benzene ring substituents is 1. The van der Waals surface area contributed by atoms with Gasteiger partial charge < -0.3 is 10.2 Å². The van der Waals surface area contributed by atoms with Crippen LogP contribution in [0.5, 0.6) is 0 Å². The predicted molar refractivity (Wildman–Crippen MR) is 104 cm³/mol. The SMILES string of the molecule is CCCN(CC(=O)Nc1cc(Cl)ccc1Cl)C(=O)c1ccc([N+](=O)[O-])cc1. The number of halogens is 2. The minimum absolute atomic E-state index is 0.109. The summed E-state index contributed by atoms with van der Waals surface area (Å²) in [6, 6.07) is 9.92. The molecule has 2 rings (SSSR count). The van der Waals surface area contributed by atoms with Gasteiger partial charge in [-0.1, -0.05) is 30.1 Å². The number of nitrogens with one attached hydrogen (secondary N) is 1. The lowest BCUT2D eigenvalue weighted by molar-refractivity contribution is -0.384. The Hall–Kier alpha value is -2.64. The van der Waals surface area contributed by atoms with Crippen LogP contribution < -0.4 is 5.32 Å². The summed E-state index contributed by atoms with van der Waals surface area (Å²) in [6.45, 7) is 2.04. The quantitative estimate of drug-likeness (QED) is 0.541. The number of carbonyl (C=O) groups excluding carboxylic acids is 2. The molecule has 0 saturated carbocycles. The number of amides is 2. The lowest BCUT2D eigenvalue weighted by Gasteiger charge is -2.22. The normalized spacial score (nSPS) is 10.3. The van der Waals surface area contributed by atoms with Crippen LogP contribution in [0.25, 0.3) is 0 Å². The molecule has 0 aliphatic carbocycles. The van der Waals surface area contributed by atoms with Crippen molar-refractivity contribution in [1.82, 2.24) is 4.90 Å². The summed E-state index contributed by atoms with van der Waals surface area (Å²) >= 11 is 11.9. The summed E-state index contributed by atoms with van der Waals surface area (Å²) < 4.78 is 0. The average Bonchev–Trinajstić information content (AvgIpc) is 2.64. The van der Waals surface area contributed by atoms with Gasteiger partial charge in [-0.2, -0.15) is 0 Å². The molecule has 2 amide bonds. The molecule has 9 heteroatoms. The molecule has 0 aromatic heterocycles. The molecule has 2 aromatic rings. The van der Waals surface area contributed by atoms with E-state index >= 15 is 0 Å². The highest BCUT2D eigenvalue weighted by Crippen LogP contribution is 2.25. The van der Waals surface area contributed by atoms with E-state index in [1.54, 1.807) is 12.1 Å². The summed E-state index contributed by atoms with van der Waals surface area (Å²) in [6.07, 6.45) is 0.643. The third kappa shape index (κ3) is 5.67. The van der Waals surface area contributed by atoms with E-state index in [0.29, 0.717) is 28.7 Å². The molecule has 0 atom stereocenters. The number of non-ortho nitro benzene ring substituents is 1. The van der Waals surface area contributed by atoms with Crippen molar-refractivity contribution in [3.8, 4) is 0 Å². The van der Waals surface area contributed by atoms with E-state index in [9.17, 15) is 19.7 Å². The second-order valence-corrected chi connectivity index (χ2v) is 6.55. The minimum Gasteiger partial charge on any atom is -0.329 e. The lowest BCUT2D eigenvalue weighted by Crippen LogP contribution is -2.38. The van der Waals surface area contributed by atoms with Crippen molar-refractivity contribution in [3.63, 3.8) is 0 Å². The Bertz CT molecular complexity index is 856. The molecule has 0 fully saturated rings. The third-order valence-corrected chi connectivity index (χ3v) is 4.21. The van der Waals surface area contributed by atoms with Gasteiger partial charge in [-0.15, -0.1) is 0 Å². The van der Waals surface area contributed by atoms with E-state index in [0.717, 1.165) is 0 Å². The molecule has 0 unspecified atom stereocenters. The molecule has 0 aliphatic rings. The van der Waals surface area contributed by atoms with Crippen LogP contribution in [-0.4, -0.2) is 34.7 Å². The van der Waals surface area contributed by atoms with E-state index in [4.69, 9.17) is 23.2 Å². The Morgan fingerprint density at radius 3 is 2.41 bits per heavy atom. The molecule has 2 aromatic carbocycles. The third-order valence-electron chi connectivity index (χ3n) is 3.64. The van der Waals surface area contributed by atoms with Crippen LogP contribution in [0.4, 0.5) is 11.4 Å². The van der Waals surface area contributed by atoms with Crippen molar-refractivity contribution in [2.75, 3.05) is 18.4 Å². The standard InChI is InChI=1S/C18H17Cl2N3O4/c1-2-9-22(18(25)12-3-6-14(7-4-12)23(26)27)11-17(24)21-16-10-13(19)5-8-15(16)20/h3-8,10H,2,9,11H2,1H3,(H,21,24). The van der Waals surface area contributed by atoms with E-state index in [1.807, 2.05) is 6.92 Å². The number of anilines is 1. The maximum Gasteiger partial charge on any atom is 0.269 e. The highest BCUT2D eigenvalue weighted by molar-refractivity contribution is 6.35. The van der Waals surface area contributed by atoms with Crippen molar-refractivity contribution in [2.24, 2.45) is 0 Å². The fourth-order valence-corrected chi connectivity index (χ4v) is 2.72. The van der Waals surface area contributed by atoms with Gasteiger partial charge in [0.1, 0.15) is 6.54 Å². The summed E-state index contributed by atoms with van der Waals surface area (Å²) in [7, 11) is 0. The molecule has 0 bridgehead atoms. The zero-order valence-electron chi connectivity index (χ0n) is 14.4. The first-order valence-electron chi connectivity index (χ1n) is 8.10. The molecule has 0 radical (unpaired) electrons. The maximum absolute atomic E-state index is 12.7. The summed E-state index contributed by atoms with van der Waals surface area (Å²) in [5, 5.41) is 14.1. The van der Waals surface area contributed by atoms with Crippen molar-refractivity contribution < 1.29 is 14.5 Å². The molecule has 0 saturated heterocycles. The molecule has 27 heavy (non-hydrogen) atoms. The molecule has 1 N–H and O–H groups in total. The van der Waals surface area contributed by atoms with Crippen LogP contribution in [0.1, 0.15) is 23.7 Å². The average molecular weight is 410 g/mol. The summed E-state index contributed by atoms with van der Waals surface area (Å²) in [5.41, 5.74) is 0.512. The Morgan fingerprint density at radius 2 is 1.81 bits per heavy atom. The van der Waals surface area contributed by atoms with Crippen LogP contribution in [0, 0.1) is 10.1 Å². The largest absolute Gasteiger partial charge is 0.329 e. The van der Waals surface area contributed by atoms with Crippen molar-refractivity contribution in [1.29, 1.82) is 0 Å². The minimum atomic E-state index is -0.541. The number of nitrogens with zero attached hydrogens (tertiary/aromatic N) is 2. The van der Waals surface area contributed by atoms with Crippen molar-refractivity contribution >= 4 is 46.4 Å². The first-order valence-corrected chi connectivity index (χ1v) is 8.86. The van der Waals surface area contributed by atoms with Gasteiger partial charge in [-0.3, -0.25) is 19.7 Å². The van der Waals surface area contributed by atoms with Gasteiger partial charge in [0.15, 0.2) is 0 Å². The number of hydrogen-bond donors (Lipinski definition) is 1. The zero-order valence-corrected chi connectivity index (χ0v) is 16.0. The van der Waals surface area contributed by atoms with Gasteiger partial charge in [0.2, 0.25) is 5.91 Å². The molecule has 0 heterocycles. The van der Waals surface area contributed by atoms with E-state index in [2.05, 4.69) is 5.32 Å². The highest BCUT2D eigenvalue weighted by Gasteiger charge is 2.19. The number of hydrogen-bond acceptors (Lipinski definition) is 4. The molecule has 142 valence electrons. The fourth-order valence-electron chi connectivity index (χ4n) is 2.39. The maximum atomic E-state index is 12.7. The Labute approximate surface area is 166 Å². The second-order valence-electron chi connectivity index (χ2n) is 5.70. The molecule has 0 aliphatic heterocycles. The second kappa shape index (κ2) is 9.34. The zero-order chi connectivity index (χ0) is 20.0. The number of benzene rings is 2. The molecular weight excluding hydrogens is 393 g/mol. The van der Waals surface area contributed by atoms with E-state index < -0.39 is 10.8 Å². The van der Waals surface area contributed by atoms with Crippen molar-refractivity contribution in [2.45, 2.75) is 13.3 Å². The Kier molecular flexibility index (Phi) is 7.15. The first-order chi connectivity index (χ1) is 12.8. The number of carbonyl (C=O) groups is 2. The molecular formula is C18H17Cl2N3O4. The molecule has 0 spiro atoms. The van der Waals surface area contributed by atoms with Gasteiger partial charge in [-0.25, -0.2) is 0 Å². The number of nitro groups is 1. The fraction of sp³-hybridized carbons (Fsp3) is 0.222. The van der Waals surface area contributed by atoms with Crippen molar-refractivity contribution in [3.05, 3.63) is 68.2 Å². The summed E-state index contributed by atoms with van der Waals surface area (Å²) in [4.78, 5) is 36.6. The van der Waals surface area contributed by atoms with E-state index in [1.165, 1.54) is 35.2 Å². The highest BCUT2D eigenvalue weighted by atomic mass is 35.5. The van der Waals surface area contributed by atoms with E-state index in [-0.39, 0.29) is 23.7 Å². The van der Waals surface area contributed by atoms with Gasteiger partial charge in [-0.05, 0) is 36.8 Å². The number of rotatable bonds is 7. The van der Waals surface area contributed by atoms with Crippen LogP contribution in [0.2, 0.25) is 10.0 Å². The Balaban J connectivity index is 2.11. The van der Waals surface area contributed by atoms with Gasteiger partial charge in [0, 0.05) is 29.3 Å². The monoisotopic (exact) mass is 409 g/mol. The predicted octanol–water partition coefficient (Wildman–Crippen LogP) is 4.39. The topological polar surface area (TPSA) is 92.6 Å². The van der Waals surface area contributed by atoms with Crippen LogP contribution in [0.3, 0.4) is 0 Å². The van der Waals surface area contributed by atoms with Gasteiger partial charge in [0.25, 0.3) is 11.6 Å². The van der Waals surface area contributed by atoms with Crippen LogP contribution in [0.15, 0.2) is 42.5 Å². The smallest absolute Gasteiger partial charge is 0.269 e. The van der Waals surface area contributed by atoms with Crippen LogP contribution >= 0.6 is 23.2 Å². The summed E-state index contributed by atoms with van der Waals surface area (Å²) in [5.74, 6) is -0.818. The van der Waals surface area contributed by atoms with Gasteiger partial charge >= 0.3 is 0 Å². The van der Waals surface area contributed by atoms with Crippen LogP contribution in [-0.2, 0) is 4.79 Å². The Morgan fingerprint density at radius 1 is 1.15 bits per heavy atom. The van der Waals surface area contributed by atoms with Gasteiger partial charge in [0.05, 0.1) is 15.6 Å². The first kappa shape index (κ1) is 20.7. The molecule has 7 nitrogen and oxygen atoms in total.